The summed E-state index contributed by atoms with van der Waals surface area (Å²) in [6.45, 7) is 5.11. The largest absolute Gasteiger partial charge is 0.315 e. The van der Waals surface area contributed by atoms with Gasteiger partial charge < -0.3 is 5.32 Å². The Balaban J connectivity index is 2.39. The summed E-state index contributed by atoms with van der Waals surface area (Å²) in [4.78, 5) is 5.94. The van der Waals surface area contributed by atoms with E-state index in [0.29, 0.717) is 5.92 Å². The molecule has 0 atom stereocenters. The highest BCUT2D eigenvalue weighted by Gasteiger charge is 2.14. The average molecular weight is 264 g/mol. The zero-order valence-corrected chi connectivity index (χ0v) is 11.6. The van der Waals surface area contributed by atoms with Crippen LogP contribution in [0.1, 0.15) is 30.3 Å². The molecule has 0 spiro atoms. The standard InChI is InChI=1S/C14H17FN2S/c1-9(2)13-12(8-16-3)18-14(17-13)10-4-6-11(15)7-5-10/h4-7,9,16H,8H2,1-3H3. The van der Waals surface area contributed by atoms with E-state index in [2.05, 4.69) is 24.1 Å². The molecule has 0 amide bonds. The van der Waals surface area contributed by atoms with Crippen LogP contribution >= 0.6 is 11.3 Å². The van der Waals surface area contributed by atoms with Crippen LogP contribution in [0, 0.1) is 5.82 Å². The molecule has 1 aromatic heterocycles. The molecule has 0 bridgehead atoms. The third-order valence-corrected chi connectivity index (χ3v) is 3.82. The van der Waals surface area contributed by atoms with Crippen LogP contribution in [0.4, 0.5) is 4.39 Å². The predicted octanol–water partition coefficient (Wildman–Crippen LogP) is 3.79. The van der Waals surface area contributed by atoms with E-state index < -0.39 is 0 Å². The fraction of sp³-hybridized carbons (Fsp3) is 0.357. The molecule has 0 saturated heterocycles. The van der Waals surface area contributed by atoms with Crippen LogP contribution in [-0.2, 0) is 6.54 Å². The first kappa shape index (κ1) is 13.2. The smallest absolute Gasteiger partial charge is 0.123 e. The molecule has 18 heavy (non-hydrogen) atoms. The zero-order valence-electron chi connectivity index (χ0n) is 10.8. The molecule has 0 aliphatic carbocycles. The summed E-state index contributed by atoms with van der Waals surface area (Å²) >= 11 is 1.68. The maximum Gasteiger partial charge on any atom is 0.123 e. The van der Waals surface area contributed by atoms with Gasteiger partial charge in [0.2, 0.25) is 0 Å². The number of nitrogens with one attached hydrogen (secondary N) is 1. The van der Waals surface area contributed by atoms with Crippen molar-refractivity contribution < 1.29 is 4.39 Å². The Morgan fingerprint density at radius 2 is 1.94 bits per heavy atom. The Kier molecular flexibility index (Phi) is 4.09. The third-order valence-electron chi connectivity index (χ3n) is 2.70. The highest BCUT2D eigenvalue weighted by molar-refractivity contribution is 7.15. The van der Waals surface area contributed by atoms with E-state index in [1.165, 1.54) is 17.0 Å². The molecule has 0 saturated carbocycles. The predicted molar refractivity (Wildman–Crippen MR) is 74.4 cm³/mol. The van der Waals surface area contributed by atoms with Crippen molar-refractivity contribution in [2.75, 3.05) is 7.05 Å². The molecule has 0 aliphatic heterocycles. The van der Waals surface area contributed by atoms with Gasteiger partial charge in [-0.05, 0) is 37.2 Å². The summed E-state index contributed by atoms with van der Waals surface area (Å²) in [7, 11) is 1.93. The van der Waals surface area contributed by atoms with Crippen LogP contribution in [0.25, 0.3) is 10.6 Å². The minimum absolute atomic E-state index is 0.213. The molecular formula is C14H17FN2S. The topological polar surface area (TPSA) is 24.9 Å². The number of thiazole rings is 1. The first-order valence-electron chi connectivity index (χ1n) is 6.02. The fourth-order valence-corrected chi connectivity index (χ4v) is 3.05. The van der Waals surface area contributed by atoms with Crippen molar-refractivity contribution >= 4 is 11.3 Å². The maximum absolute atomic E-state index is 12.9. The summed E-state index contributed by atoms with van der Waals surface area (Å²) < 4.78 is 12.9. The number of nitrogens with zero attached hydrogens (tertiary/aromatic N) is 1. The lowest BCUT2D eigenvalue weighted by molar-refractivity contribution is 0.628. The van der Waals surface area contributed by atoms with Crippen molar-refractivity contribution in [3.8, 4) is 10.6 Å². The van der Waals surface area contributed by atoms with E-state index in [1.807, 2.05) is 7.05 Å². The highest BCUT2D eigenvalue weighted by Crippen LogP contribution is 2.31. The molecule has 4 heteroatoms. The van der Waals surface area contributed by atoms with E-state index in [-0.39, 0.29) is 5.82 Å². The van der Waals surface area contributed by atoms with Gasteiger partial charge >= 0.3 is 0 Å². The maximum atomic E-state index is 12.9. The summed E-state index contributed by atoms with van der Waals surface area (Å²) in [6, 6.07) is 6.51. The molecule has 0 radical (unpaired) electrons. The molecule has 0 fully saturated rings. The van der Waals surface area contributed by atoms with Gasteiger partial charge in [0.25, 0.3) is 0 Å². The molecule has 1 N–H and O–H groups in total. The van der Waals surface area contributed by atoms with Crippen LogP contribution < -0.4 is 5.32 Å². The Morgan fingerprint density at radius 1 is 1.28 bits per heavy atom. The third kappa shape index (κ3) is 2.76. The van der Waals surface area contributed by atoms with Crippen molar-refractivity contribution in [2.24, 2.45) is 0 Å². The molecule has 1 aromatic carbocycles. The van der Waals surface area contributed by atoms with E-state index in [4.69, 9.17) is 0 Å². The molecular weight excluding hydrogens is 247 g/mol. The molecule has 0 aliphatic rings. The lowest BCUT2D eigenvalue weighted by atomic mass is 10.1. The van der Waals surface area contributed by atoms with Gasteiger partial charge in [0.1, 0.15) is 10.8 Å². The van der Waals surface area contributed by atoms with Crippen LogP contribution in [0.2, 0.25) is 0 Å². The minimum atomic E-state index is -0.213. The summed E-state index contributed by atoms with van der Waals surface area (Å²) in [5.74, 6) is 0.189. The van der Waals surface area contributed by atoms with Crippen LogP contribution in [0.15, 0.2) is 24.3 Å². The average Bonchev–Trinajstić information content (AvgIpc) is 2.75. The minimum Gasteiger partial charge on any atom is -0.315 e. The Bertz CT molecular complexity index is 517. The molecule has 2 aromatic rings. The molecule has 2 nitrogen and oxygen atoms in total. The van der Waals surface area contributed by atoms with Crippen molar-refractivity contribution in [3.05, 3.63) is 40.7 Å². The van der Waals surface area contributed by atoms with Crippen molar-refractivity contribution in [1.29, 1.82) is 0 Å². The lowest BCUT2D eigenvalue weighted by Gasteiger charge is -2.03. The van der Waals surface area contributed by atoms with Crippen LogP contribution in [0.5, 0.6) is 0 Å². The van der Waals surface area contributed by atoms with Gasteiger partial charge in [-0.1, -0.05) is 13.8 Å². The van der Waals surface area contributed by atoms with Crippen molar-refractivity contribution in [1.82, 2.24) is 10.3 Å². The second-order valence-corrected chi connectivity index (χ2v) is 5.60. The first-order chi connectivity index (χ1) is 8.61. The number of hydrogen-bond acceptors (Lipinski definition) is 3. The fourth-order valence-electron chi connectivity index (χ4n) is 1.82. The highest BCUT2D eigenvalue weighted by atomic mass is 32.1. The van der Waals surface area contributed by atoms with E-state index in [9.17, 15) is 4.39 Å². The lowest BCUT2D eigenvalue weighted by Crippen LogP contribution is -2.06. The number of hydrogen-bond donors (Lipinski definition) is 1. The summed E-state index contributed by atoms with van der Waals surface area (Å²) in [6.07, 6.45) is 0. The van der Waals surface area contributed by atoms with Crippen molar-refractivity contribution in [2.45, 2.75) is 26.3 Å². The van der Waals surface area contributed by atoms with Gasteiger partial charge in [-0.15, -0.1) is 11.3 Å². The van der Waals surface area contributed by atoms with Gasteiger partial charge in [0.05, 0.1) is 5.69 Å². The van der Waals surface area contributed by atoms with Crippen LogP contribution in [0.3, 0.4) is 0 Å². The van der Waals surface area contributed by atoms with Gasteiger partial charge in [-0.25, -0.2) is 9.37 Å². The number of rotatable bonds is 4. The van der Waals surface area contributed by atoms with Gasteiger partial charge in [0, 0.05) is 17.0 Å². The summed E-state index contributed by atoms with van der Waals surface area (Å²) in [5.41, 5.74) is 2.11. The Hall–Kier alpha value is -1.26. The Morgan fingerprint density at radius 3 is 2.50 bits per heavy atom. The normalized spacial score (nSPS) is 11.2. The monoisotopic (exact) mass is 264 g/mol. The number of benzene rings is 1. The molecule has 1 heterocycles. The number of aromatic nitrogens is 1. The van der Waals surface area contributed by atoms with E-state index in [1.54, 1.807) is 23.5 Å². The van der Waals surface area contributed by atoms with E-state index in [0.717, 1.165) is 22.8 Å². The van der Waals surface area contributed by atoms with Crippen molar-refractivity contribution in [3.63, 3.8) is 0 Å². The quantitative estimate of drug-likeness (QED) is 0.908. The van der Waals surface area contributed by atoms with Gasteiger partial charge in [-0.2, -0.15) is 0 Å². The second kappa shape index (κ2) is 5.59. The Labute approximate surface area is 111 Å². The first-order valence-corrected chi connectivity index (χ1v) is 6.83. The van der Waals surface area contributed by atoms with Gasteiger partial charge in [0.15, 0.2) is 0 Å². The van der Waals surface area contributed by atoms with E-state index >= 15 is 0 Å². The summed E-state index contributed by atoms with van der Waals surface area (Å²) in [5, 5.41) is 4.13. The SMILES string of the molecule is CNCc1sc(-c2ccc(F)cc2)nc1C(C)C. The zero-order chi connectivity index (χ0) is 13.1. The molecule has 0 unspecified atom stereocenters. The van der Waals surface area contributed by atoms with Crippen LogP contribution in [-0.4, -0.2) is 12.0 Å². The van der Waals surface area contributed by atoms with Gasteiger partial charge in [-0.3, -0.25) is 0 Å². The second-order valence-electron chi connectivity index (χ2n) is 4.52. The molecule has 96 valence electrons. The molecule has 2 rings (SSSR count). The number of halogens is 1.